The van der Waals surface area contributed by atoms with Gasteiger partial charge in [0.1, 0.15) is 5.69 Å². The van der Waals surface area contributed by atoms with Crippen LogP contribution in [0.5, 0.6) is 0 Å². The summed E-state index contributed by atoms with van der Waals surface area (Å²) in [5, 5.41) is 1.87. The first-order valence-electron chi connectivity index (χ1n) is 8.10. The van der Waals surface area contributed by atoms with Gasteiger partial charge in [-0.05, 0) is 47.5 Å². The van der Waals surface area contributed by atoms with E-state index in [0.717, 1.165) is 24.1 Å². The molecule has 0 spiro atoms. The molecule has 0 fully saturated rings. The van der Waals surface area contributed by atoms with Gasteiger partial charge in [0.05, 0.1) is 5.16 Å². The van der Waals surface area contributed by atoms with E-state index in [0.29, 0.717) is 5.56 Å². The van der Waals surface area contributed by atoms with Gasteiger partial charge in [-0.15, -0.1) is 0 Å². The van der Waals surface area contributed by atoms with Crippen LogP contribution in [0.1, 0.15) is 12.5 Å². The second-order valence-electron chi connectivity index (χ2n) is 5.83. The van der Waals surface area contributed by atoms with Crippen LogP contribution in [-0.4, -0.2) is 5.16 Å². The van der Waals surface area contributed by atoms with Crippen molar-refractivity contribution < 1.29 is 17.6 Å². The summed E-state index contributed by atoms with van der Waals surface area (Å²) in [4.78, 5) is 3.30. The van der Waals surface area contributed by atoms with E-state index in [1.54, 1.807) is 12.1 Å². The first-order chi connectivity index (χ1) is 13.0. The first-order valence-corrected chi connectivity index (χ1v) is 8.51. The Morgan fingerprint density at radius 2 is 1.33 bits per heavy atom. The summed E-state index contributed by atoms with van der Waals surface area (Å²) in [6, 6.07) is 11.5. The fraction of sp³-hybridized carbons (Fsp3) is 0.0952. The Bertz CT molecular complexity index is 1030. The zero-order valence-corrected chi connectivity index (χ0v) is 15.0. The summed E-state index contributed by atoms with van der Waals surface area (Å²) in [6.07, 6.45) is 0.830. The number of benzene rings is 3. The quantitative estimate of drug-likeness (QED) is 0.270. The van der Waals surface area contributed by atoms with Crippen LogP contribution in [0.2, 0.25) is 0 Å². The Hall–Kier alpha value is -2.82. The van der Waals surface area contributed by atoms with Gasteiger partial charge in [-0.2, -0.15) is 4.99 Å². The Morgan fingerprint density at radius 1 is 0.815 bits per heavy atom. The maximum absolute atomic E-state index is 14.6. The average molecular weight is 387 g/mol. The minimum atomic E-state index is -1.18. The van der Waals surface area contributed by atoms with Crippen molar-refractivity contribution in [1.29, 1.82) is 0 Å². The molecule has 0 saturated carbocycles. The van der Waals surface area contributed by atoms with Crippen molar-refractivity contribution in [3.63, 3.8) is 0 Å². The number of hydrogen-bond donors (Lipinski definition) is 0. The van der Waals surface area contributed by atoms with Crippen molar-refractivity contribution in [3.05, 3.63) is 77.4 Å². The Morgan fingerprint density at radius 3 is 1.81 bits per heavy atom. The molecule has 3 aromatic carbocycles. The van der Waals surface area contributed by atoms with Gasteiger partial charge in [-0.3, -0.25) is 0 Å². The van der Waals surface area contributed by atoms with Gasteiger partial charge >= 0.3 is 0 Å². The molecule has 0 aliphatic rings. The lowest BCUT2D eigenvalue weighted by atomic mass is 9.97. The lowest BCUT2D eigenvalue weighted by Gasteiger charge is -2.10. The fourth-order valence-corrected chi connectivity index (χ4v) is 2.88. The number of thiocarbonyl (C=S) groups is 1. The summed E-state index contributed by atoms with van der Waals surface area (Å²) < 4.78 is 57.2. The monoisotopic (exact) mass is 387 g/mol. The number of aliphatic imine (C=N–C) groups is 1. The smallest absolute Gasteiger partial charge is 0.167 e. The van der Waals surface area contributed by atoms with E-state index in [2.05, 4.69) is 17.2 Å². The molecule has 0 aliphatic carbocycles. The predicted octanol–water partition coefficient (Wildman–Crippen LogP) is 6.87. The van der Waals surface area contributed by atoms with Crippen LogP contribution < -0.4 is 0 Å². The summed E-state index contributed by atoms with van der Waals surface area (Å²) in [7, 11) is 0. The Kier molecular flexibility index (Phi) is 5.49. The number of isothiocyanates is 1. The van der Waals surface area contributed by atoms with Gasteiger partial charge < -0.3 is 0 Å². The number of aryl methyl sites for hydroxylation is 1. The highest BCUT2D eigenvalue weighted by atomic mass is 32.1. The molecule has 0 bridgehead atoms. The van der Waals surface area contributed by atoms with E-state index in [-0.39, 0.29) is 16.7 Å². The second-order valence-corrected chi connectivity index (χ2v) is 6.01. The maximum atomic E-state index is 14.6. The molecule has 6 heteroatoms. The van der Waals surface area contributed by atoms with Crippen LogP contribution in [0.4, 0.5) is 23.2 Å². The minimum absolute atomic E-state index is 0.0711. The van der Waals surface area contributed by atoms with Crippen LogP contribution in [0.15, 0.2) is 53.5 Å². The normalized spacial score (nSPS) is 10.6. The maximum Gasteiger partial charge on any atom is 0.167 e. The van der Waals surface area contributed by atoms with Crippen LogP contribution >= 0.6 is 12.2 Å². The third-order valence-corrected chi connectivity index (χ3v) is 4.33. The van der Waals surface area contributed by atoms with Gasteiger partial charge in [-0.25, -0.2) is 17.6 Å². The molecule has 136 valence electrons. The van der Waals surface area contributed by atoms with E-state index in [9.17, 15) is 17.6 Å². The van der Waals surface area contributed by atoms with Crippen molar-refractivity contribution in [2.75, 3.05) is 0 Å². The topological polar surface area (TPSA) is 12.4 Å². The van der Waals surface area contributed by atoms with Crippen LogP contribution in [-0.2, 0) is 6.42 Å². The SMILES string of the molecule is CCc1ccc(-c2ccc(-c3cc(F)c(N=C=S)c(F)c3)c(F)c2F)cc1. The zero-order valence-electron chi connectivity index (χ0n) is 14.2. The molecule has 27 heavy (non-hydrogen) atoms. The van der Waals surface area contributed by atoms with Crippen molar-refractivity contribution >= 4 is 23.1 Å². The molecule has 0 heterocycles. The fourth-order valence-electron chi connectivity index (χ4n) is 2.79. The first kappa shape index (κ1) is 19.0. The molecular formula is C21H13F4NS. The molecule has 0 saturated heterocycles. The molecule has 1 nitrogen and oxygen atoms in total. The van der Waals surface area contributed by atoms with E-state index in [4.69, 9.17) is 0 Å². The molecule has 3 rings (SSSR count). The van der Waals surface area contributed by atoms with E-state index in [1.165, 1.54) is 12.1 Å². The lowest BCUT2D eigenvalue weighted by molar-refractivity contribution is 0.513. The molecule has 0 radical (unpaired) electrons. The van der Waals surface area contributed by atoms with Crippen molar-refractivity contribution in [3.8, 4) is 22.3 Å². The number of nitrogens with zero attached hydrogens (tertiary/aromatic N) is 1. The van der Waals surface area contributed by atoms with Gasteiger partial charge in [0, 0.05) is 11.1 Å². The highest BCUT2D eigenvalue weighted by Gasteiger charge is 2.19. The third kappa shape index (κ3) is 3.68. The molecule has 0 N–H and O–H groups in total. The summed E-state index contributed by atoms with van der Waals surface area (Å²) in [5.41, 5.74) is 0.637. The van der Waals surface area contributed by atoms with E-state index < -0.39 is 29.0 Å². The van der Waals surface area contributed by atoms with Crippen molar-refractivity contribution in [2.24, 2.45) is 4.99 Å². The molecular weight excluding hydrogens is 374 g/mol. The molecule has 3 aromatic rings. The van der Waals surface area contributed by atoms with Crippen LogP contribution in [0, 0.1) is 23.3 Å². The highest BCUT2D eigenvalue weighted by Crippen LogP contribution is 2.34. The molecule has 0 aromatic heterocycles. The molecule has 0 aliphatic heterocycles. The largest absolute Gasteiger partial charge is 0.204 e. The van der Waals surface area contributed by atoms with Gasteiger partial charge in [0.25, 0.3) is 0 Å². The Labute approximate surface area is 159 Å². The number of hydrogen-bond acceptors (Lipinski definition) is 2. The number of rotatable bonds is 4. The van der Waals surface area contributed by atoms with Gasteiger partial charge in [0.15, 0.2) is 23.3 Å². The van der Waals surface area contributed by atoms with Crippen LogP contribution in [0.25, 0.3) is 22.3 Å². The minimum Gasteiger partial charge on any atom is -0.204 e. The summed E-state index contributed by atoms with van der Waals surface area (Å²) in [6.45, 7) is 1.99. The van der Waals surface area contributed by atoms with Crippen molar-refractivity contribution in [2.45, 2.75) is 13.3 Å². The van der Waals surface area contributed by atoms with E-state index >= 15 is 0 Å². The summed E-state index contributed by atoms with van der Waals surface area (Å²) in [5.74, 6) is -4.35. The predicted molar refractivity (Wildman–Crippen MR) is 101 cm³/mol. The van der Waals surface area contributed by atoms with Crippen LogP contribution in [0.3, 0.4) is 0 Å². The summed E-state index contributed by atoms with van der Waals surface area (Å²) >= 11 is 4.33. The van der Waals surface area contributed by atoms with Crippen molar-refractivity contribution in [1.82, 2.24) is 0 Å². The van der Waals surface area contributed by atoms with E-state index in [1.807, 2.05) is 24.2 Å². The van der Waals surface area contributed by atoms with Gasteiger partial charge in [0.2, 0.25) is 0 Å². The zero-order chi connectivity index (χ0) is 19.6. The molecule has 0 unspecified atom stereocenters. The Balaban J connectivity index is 2.08. The van der Waals surface area contributed by atoms with Gasteiger partial charge in [-0.1, -0.05) is 43.3 Å². The highest BCUT2D eigenvalue weighted by molar-refractivity contribution is 7.78. The average Bonchev–Trinajstić information content (AvgIpc) is 2.67. The number of halogens is 4. The molecule has 0 amide bonds. The second kappa shape index (κ2) is 7.82. The lowest BCUT2D eigenvalue weighted by Crippen LogP contribution is -1.95. The third-order valence-electron chi connectivity index (χ3n) is 4.24. The standard InChI is InChI=1S/C21H13F4NS/c1-2-12-3-5-13(6-4-12)15-7-8-16(20(25)19(15)24)14-9-17(22)21(26-11-27)18(23)10-14/h3-10H,2H2,1H3. The molecule has 0 atom stereocenters.